The molecule has 0 unspecified atom stereocenters. The van der Waals surface area contributed by atoms with E-state index in [1.165, 1.54) is 6.42 Å². The fourth-order valence-electron chi connectivity index (χ4n) is 2.20. The van der Waals surface area contributed by atoms with Gasteiger partial charge in [-0.3, -0.25) is 0 Å². The van der Waals surface area contributed by atoms with Crippen LogP contribution in [-0.2, 0) is 18.7 Å². The van der Waals surface area contributed by atoms with Crippen LogP contribution in [-0.4, -0.2) is 10.9 Å². The number of hydrogen-bond donors (Lipinski definition) is 0. The minimum atomic E-state index is 0.0284. The Morgan fingerprint density at radius 2 is 1.88 bits per heavy atom. The van der Waals surface area contributed by atoms with Crippen LogP contribution < -0.4 is 9.47 Å². The molecule has 0 saturated carbocycles. The van der Waals surface area contributed by atoms with Crippen molar-refractivity contribution in [1.29, 1.82) is 0 Å². The molecule has 26 heavy (non-hydrogen) atoms. The first kappa shape index (κ1) is 22.4. The van der Waals surface area contributed by atoms with Gasteiger partial charge >= 0.3 is 64.9 Å². The predicted molar refractivity (Wildman–Crippen MR) is 110 cm³/mol. The number of allylic oxidation sites excluding steroid dienone is 6. The molecule has 0 atom stereocenters. The van der Waals surface area contributed by atoms with Crippen LogP contribution in [0, 0.1) is 5.41 Å². The Morgan fingerprint density at radius 3 is 2.38 bits per heavy atom. The maximum absolute atomic E-state index is 5.61. The second-order valence-electron chi connectivity index (χ2n) is 7.27. The monoisotopic (exact) mass is 387 g/mol. The zero-order valence-corrected chi connectivity index (χ0v) is 18.5. The molecule has 1 aliphatic carbocycles. The van der Waals surface area contributed by atoms with Gasteiger partial charge in [0.15, 0.2) is 0 Å². The van der Waals surface area contributed by atoms with Gasteiger partial charge in [0.1, 0.15) is 11.5 Å². The first-order valence-corrected chi connectivity index (χ1v) is 10.4. The third-order valence-corrected chi connectivity index (χ3v) is 5.49. The average Bonchev–Trinajstić information content (AvgIpc) is 3.07. The molecule has 0 spiro atoms. The van der Waals surface area contributed by atoms with Gasteiger partial charge < -0.3 is 9.47 Å². The van der Waals surface area contributed by atoms with Gasteiger partial charge in [-0.25, -0.2) is 0 Å². The van der Waals surface area contributed by atoms with Crippen molar-refractivity contribution in [2.45, 2.75) is 41.0 Å². The quantitative estimate of drug-likeness (QED) is 0.335. The molecule has 0 amide bonds. The summed E-state index contributed by atoms with van der Waals surface area (Å²) in [5.74, 6) is 1.54. The summed E-state index contributed by atoms with van der Waals surface area (Å²) >= 11 is 0.153. The molecule has 2 nitrogen and oxygen atoms in total. The van der Waals surface area contributed by atoms with Crippen molar-refractivity contribution < 1.29 is 28.2 Å². The molecule has 139 valence electrons. The van der Waals surface area contributed by atoms with Gasteiger partial charge in [-0.05, 0) is 23.1 Å². The molecule has 0 heterocycles. The molecule has 0 N–H and O–H groups in total. The van der Waals surface area contributed by atoms with E-state index in [1.807, 2.05) is 30.3 Å². The second kappa shape index (κ2) is 11.2. The third kappa shape index (κ3) is 8.64. The summed E-state index contributed by atoms with van der Waals surface area (Å²) in [6.45, 7) is 14.6. The molecule has 0 saturated heterocycles. The summed E-state index contributed by atoms with van der Waals surface area (Å²) < 4.78 is 14.1. The van der Waals surface area contributed by atoms with E-state index in [9.17, 15) is 0 Å². The first-order valence-electron chi connectivity index (χ1n) is 8.83. The van der Waals surface area contributed by atoms with E-state index in [2.05, 4.69) is 59.4 Å². The Kier molecular flexibility index (Phi) is 9.61. The molecule has 0 aromatic heterocycles. The van der Waals surface area contributed by atoms with Crippen molar-refractivity contribution in [3.05, 3.63) is 70.9 Å². The maximum atomic E-state index is 5.61. The third-order valence-electron chi connectivity index (χ3n) is 3.63. The molecular formula is C23H31O2Ti. The summed E-state index contributed by atoms with van der Waals surface area (Å²) in [7, 11) is 1.64. The predicted octanol–water partition coefficient (Wildman–Crippen LogP) is 6.31. The van der Waals surface area contributed by atoms with Crippen LogP contribution in [0.4, 0.5) is 0 Å². The van der Waals surface area contributed by atoms with Gasteiger partial charge in [0.05, 0.1) is 13.4 Å². The van der Waals surface area contributed by atoms with E-state index in [1.54, 1.807) is 21.1 Å². The van der Waals surface area contributed by atoms with E-state index in [-0.39, 0.29) is 24.1 Å². The van der Waals surface area contributed by atoms with E-state index in [4.69, 9.17) is 9.47 Å². The van der Waals surface area contributed by atoms with E-state index >= 15 is 0 Å². The normalized spacial score (nSPS) is 13.2. The van der Waals surface area contributed by atoms with Crippen LogP contribution in [0.5, 0.6) is 11.5 Å². The zero-order chi connectivity index (χ0) is 19.6. The van der Waals surface area contributed by atoms with Crippen molar-refractivity contribution in [2.24, 2.45) is 5.41 Å². The summed E-state index contributed by atoms with van der Waals surface area (Å²) in [6.07, 6.45) is 11.5. The Morgan fingerprint density at radius 1 is 1.19 bits per heavy atom. The van der Waals surface area contributed by atoms with Gasteiger partial charge in [0.2, 0.25) is 0 Å². The minimum absolute atomic E-state index is 0.0284. The number of benzene rings is 1. The van der Waals surface area contributed by atoms with Gasteiger partial charge in [0, 0.05) is 6.07 Å². The molecule has 1 aliphatic rings. The fourth-order valence-corrected chi connectivity index (χ4v) is 3.82. The summed E-state index contributed by atoms with van der Waals surface area (Å²) in [6, 6.07) is 7.52. The van der Waals surface area contributed by atoms with Crippen molar-refractivity contribution in [2.75, 3.05) is 7.11 Å². The van der Waals surface area contributed by atoms with E-state index in [0.29, 0.717) is 0 Å². The van der Waals surface area contributed by atoms with Crippen LogP contribution in [0.3, 0.4) is 0 Å². The van der Waals surface area contributed by atoms with Crippen molar-refractivity contribution in [1.82, 2.24) is 0 Å². The molecular weight excluding hydrogens is 356 g/mol. The average molecular weight is 387 g/mol. The molecule has 0 aliphatic heterocycles. The summed E-state index contributed by atoms with van der Waals surface area (Å²) in [5.41, 5.74) is 1.08. The van der Waals surface area contributed by atoms with Crippen LogP contribution in [0.2, 0.25) is 0 Å². The number of ether oxygens (including phenoxy) is 2. The Balaban J connectivity index is 0.000000314. The van der Waals surface area contributed by atoms with Crippen molar-refractivity contribution in [3.63, 3.8) is 0 Å². The van der Waals surface area contributed by atoms with Crippen LogP contribution in [0.15, 0.2) is 70.9 Å². The summed E-state index contributed by atoms with van der Waals surface area (Å²) in [5, 5.41) is 0. The molecule has 0 fully saturated rings. The van der Waals surface area contributed by atoms with Crippen LogP contribution in [0.1, 0.15) is 41.0 Å². The van der Waals surface area contributed by atoms with Gasteiger partial charge in [-0.1, -0.05) is 39.5 Å². The van der Waals surface area contributed by atoms with Crippen LogP contribution >= 0.6 is 0 Å². The molecule has 0 radical (unpaired) electrons. The second-order valence-corrected chi connectivity index (χ2v) is 10.2. The number of rotatable bonds is 5. The zero-order valence-electron chi connectivity index (χ0n) is 16.9. The Hall–Kier alpha value is -1.64. The number of hydrogen-bond acceptors (Lipinski definition) is 2. The molecule has 0 bridgehead atoms. The Labute approximate surface area is 167 Å². The number of methoxy groups -OCH3 is 1. The van der Waals surface area contributed by atoms with Gasteiger partial charge in [0.25, 0.3) is 0 Å². The van der Waals surface area contributed by atoms with Crippen LogP contribution in [0.25, 0.3) is 0 Å². The summed E-state index contributed by atoms with van der Waals surface area (Å²) in [4.78, 5) is 0. The van der Waals surface area contributed by atoms with E-state index < -0.39 is 0 Å². The van der Waals surface area contributed by atoms with E-state index in [0.717, 1.165) is 17.1 Å². The molecule has 1 aromatic rings. The van der Waals surface area contributed by atoms with Crippen molar-refractivity contribution >= 4 is 3.81 Å². The molecule has 1 aromatic carbocycles. The van der Waals surface area contributed by atoms with Crippen molar-refractivity contribution in [3.8, 4) is 11.5 Å². The fraction of sp³-hybridized carbons (Fsp3) is 0.348. The van der Waals surface area contributed by atoms with Gasteiger partial charge in [-0.2, -0.15) is 0 Å². The topological polar surface area (TPSA) is 18.5 Å². The standard InChI is InChI=1S/C15H20O2.C5H5.C3H6.Ti/c1-6-12(15(2,3)4)11-17-14-9-7-8-13(10-14)16-5;1-2-4-5-3-1;1-3-2;/h6-11H,1H2,2-5H3;1-3H,4H2;1-2H3;. The first-order chi connectivity index (χ1) is 12.3. The SMILES string of the molecule is C=CC(=COc1cccc(OC)c1)C(C)(C)C.C[C](C)=[Ti][C]1=CC=CC1. The molecule has 2 rings (SSSR count). The van der Waals surface area contributed by atoms with Gasteiger partial charge in [-0.15, -0.1) is 0 Å². The molecule has 3 heteroatoms. The Bertz CT molecular complexity index is 712.